The minimum absolute atomic E-state index is 0.109. The van der Waals surface area contributed by atoms with Crippen molar-refractivity contribution in [2.24, 2.45) is 0 Å². The van der Waals surface area contributed by atoms with Crippen LogP contribution in [0.4, 0.5) is 0 Å². The van der Waals surface area contributed by atoms with Crippen LogP contribution >= 0.6 is 0 Å². The van der Waals surface area contributed by atoms with Gasteiger partial charge in [0.1, 0.15) is 0 Å². The first-order chi connectivity index (χ1) is 7.33. The van der Waals surface area contributed by atoms with Gasteiger partial charge in [-0.3, -0.25) is 0 Å². The van der Waals surface area contributed by atoms with Crippen LogP contribution in [0.3, 0.4) is 0 Å². The molecule has 0 unspecified atom stereocenters. The Bertz CT molecular complexity index is 331. The number of hydrogen-bond acceptors (Lipinski definition) is 6. The molecule has 0 saturated heterocycles. The third kappa shape index (κ3) is 8.03. The SMILES string of the molecule is O=S(=O)(CCO)CCCCS(=O)(=O)CCO. The molecule has 16 heavy (non-hydrogen) atoms. The third-order valence-corrected chi connectivity index (χ3v) is 5.40. The van der Waals surface area contributed by atoms with Crippen LogP contribution in [-0.2, 0) is 19.7 Å². The third-order valence-electron chi connectivity index (χ3n) is 1.97. The van der Waals surface area contributed by atoms with Crippen LogP contribution in [0.5, 0.6) is 0 Å². The lowest BCUT2D eigenvalue weighted by atomic mass is 10.4. The summed E-state index contributed by atoms with van der Waals surface area (Å²) in [6.07, 6.45) is 0.514. The minimum atomic E-state index is -3.26. The summed E-state index contributed by atoms with van der Waals surface area (Å²) in [7, 11) is -6.51. The molecule has 0 aromatic carbocycles. The van der Waals surface area contributed by atoms with Crippen LogP contribution in [0.2, 0.25) is 0 Å². The van der Waals surface area contributed by atoms with E-state index in [-0.39, 0.29) is 35.9 Å². The van der Waals surface area contributed by atoms with Crippen LogP contribution in [0.15, 0.2) is 0 Å². The van der Waals surface area contributed by atoms with Gasteiger partial charge in [-0.25, -0.2) is 16.8 Å². The maximum absolute atomic E-state index is 11.1. The molecule has 0 heterocycles. The Morgan fingerprint density at radius 1 is 0.625 bits per heavy atom. The van der Waals surface area contributed by atoms with Crippen LogP contribution in [0.1, 0.15) is 12.8 Å². The van der Waals surface area contributed by atoms with Crippen molar-refractivity contribution in [3.63, 3.8) is 0 Å². The Morgan fingerprint density at radius 2 is 0.938 bits per heavy atom. The fourth-order valence-corrected chi connectivity index (χ4v) is 3.38. The van der Waals surface area contributed by atoms with Crippen molar-refractivity contribution in [1.29, 1.82) is 0 Å². The van der Waals surface area contributed by atoms with Gasteiger partial charge in [0.25, 0.3) is 0 Å². The molecule has 0 rings (SSSR count). The zero-order valence-electron chi connectivity index (χ0n) is 9.00. The predicted molar refractivity (Wildman–Crippen MR) is 60.7 cm³/mol. The summed E-state index contributed by atoms with van der Waals surface area (Å²) in [5.41, 5.74) is 0. The van der Waals surface area contributed by atoms with Crippen molar-refractivity contribution < 1.29 is 27.0 Å². The molecule has 0 radical (unpaired) electrons. The molecule has 0 amide bonds. The first kappa shape index (κ1) is 15.8. The molecule has 0 spiro atoms. The molecule has 2 N–H and O–H groups in total. The van der Waals surface area contributed by atoms with E-state index in [1.807, 2.05) is 0 Å². The number of aliphatic hydroxyl groups is 2. The van der Waals surface area contributed by atoms with Crippen LogP contribution in [-0.4, -0.2) is 63.3 Å². The number of unbranched alkanes of at least 4 members (excludes halogenated alkanes) is 1. The fraction of sp³-hybridized carbons (Fsp3) is 1.00. The van der Waals surface area contributed by atoms with Crippen molar-refractivity contribution in [3.05, 3.63) is 0 Å². The quantitative estimate of drug-likeness (QED) is 0.500. The Balaban J connectivity index is 3.85. The number of rotatable bonds is 9. The van der Waals surface area contributed by atoms with E-state index in [1.54, 1.807) is 0 Å². The highest BCUT2D eigenvalue weighted by Crippen LogP contribution is 2.01. The summed E-state index contributed by atoms with van der Waals surface area (Å²) in [4.78, 5) is 0. The van der Waals surface area contributed by atoms with Crippen LogP contribution < -0.4 is 0 Å². The van der Waals surface area contributed by atoms with Crippen molar-refractivity contribution in [2.45, 2.75) is 12.8 Å². The van der Waals surface area contributed by atoms with Gasteiger partial charge in [-0.1, -0.05) is 0 Å². The average molecular weight is 274 g/mol. The Labute approximate surface area is 96.1 Å². The van der Waals surface area contributed by atoms with E-state index < -0.39 is 32.9 Å². The van der Waals surface area contributed by atoms with E-state index in [9.17, 15) is 16.8 Å². The number of sulfone groups is 2. The number of aliphatic hydroxyl groups excluding tert-OH is 2. The second-order valence-corrected chi connectivity index (χ2v) is 8.07. The predicted octanol–water partition coefficient (Wildman–Crippen LogP) is -1.42. The molecule has 0 aromatic heterocycles. The molecule has 0 fully saturated rings. The topological polar surface area (TPSA) is 109 Å². The molecule has 0 bridgehead atoms. The maximum Gasteiger partial charge on any atom is 0.152 e. The Morgan fingerprint density at radius 3 is 1.19 bits per heavy atom. The second kappa shape index (κ2) is 7.21. The normalized spacial score (nSPS) is 12.9. The molecule has 0 aliphatic heterocycles. The van der Waals surface area contributed by atoms with E-state index in [1.165, 1.54) is 0 Å². The van der Waals surface area contributed by atoms with Gasteiger partial charge >= 0.3 is 0 Å². The van der Waals surface area contributed by atoms with E-state index >= 15 is 0 Å². The molecule has 8 heteroatoms. The van der Waals surface area contributed by atoms with Gasteiger partial charge in [-0.2, -0.15) is 0 Å². The van der Waals surface area contributed by atoms with Gasteiger partial charge in [0.05, 0.1) is 36.2 Å². The van der Waals surface area contributed by atoms with Crippen LogP contribution in [0.25, 0.3) is 0 Å². The van der Waals surface area contributed by atoms with Gasteiger partial charge in [0, 0.05) is 0 Å². The molecule has 0 saturated carbocycles. The first-order valence-electron chi connectivity index (χ1n) is 4.95. The Hall–Kier alpha value is -0.180. The van der Waals surface area contributed by atoms with Gasteiger partial charge in [-0.05, 0) is 12.8 Å². The summed E-state index contributed by atoms with van der Waals surface area (Å²) in [6.45, 7) is -0.823. The molecule has 0 aliphatic rings. The van der Waals surface area contributed by atoms with Crippen molar-refractivity contribution in [1.82, 2.24) is 0 Å². The van der Waals surface area contributed by atoms with E-state index in [4.69, 9.17) is 10.2 Å². The summed E-state index contributed by atoms with van der Waals surface area (Å²) >= 11 is 0. The largest absolute Gasteiger partial charge is 0.395 e. The Kier molecular flexibility index (Phi) is 7.12. The zero-order chi connectivity index (χ0) is 12.7. The molecular weight excluding hydrogens is 256 g/mol. The maximum atomic E-state index is 11.1. The molecule has 6 nitrogen and oxygen atoms in total. The second-order valence-electron chi connectivity index (χ2n) is 3.46. The molecule has 98 valence electrons. The monoisotopic (exact) mass is 274 g/mol. The van der Waals surface area contributed by atoms with Crippen molar-refractivity contribution in [2.75, 3.05) is 36.2 Å². The molecule has 0 aromatic rings. The average Bonchev–Trinajstić information content (AvgIpc) is 2.12. The van der Waals surface area contributed by atoms with Gasteiger partial charge in [0.2, 0.25) is 0 Å². The smallest absolute Gasteiger partial charge is 0.152 e. The minimum Gasteiger partial charge on any atom is -0.395 e. The van der Waals surface area contributed by atoms with Crippen molar-refractivity contribution >= 4 is 19.7 Å². The number of hydrogen-bond donors (Lipinski definition) is 2. The standard InChI is InChI=1S/C8H18O6S2/c9-3-7-15(11,12)5-1-2-6-16(13,14)8-4-10/h9-10H,1-8H2. The zero-order valence-corrected chi connectivity index (χ0v) is 10.6. The molecular formula is C8H18O6S2. The fourth-order valence-electron chi connectivity index (χ4n) is 1.13. The van der Waals surface area contributed by atoms with Gasteiger partial charge in [0.15, 0.2) is 19.7 Å². The lowest BCUT2D eigenvalue weighted by Gasteiger charge is -2.03. The molecule has 0 atom stereocenters. The highest BCUT2D eigenvalue weighted by Gasteiger charge is 2.12. The lowest BCUT2D eigenvalue weighted by Crippen LogP contribution is -2.17. The highest BCUT2D eigenvalue weighted by atomic mass is 32.2. The lowest BCUT2D eigenvalue weighted by molar-refractivity contribution is 0.319. The van der Waals surface area contributed by atoms with Gasteiger partial charge in [-0.15, -0.1) is 0 Å². The summed E-state index contributed by atoms with van der Waals surface area (Å²) in [6, 6.07) is 0. The summed E-state index contributed by atoms with van der Waals surface area (Å²) < 4.78 is 44.5. The van der Waals surface area contributed by atoms with Crippen molar-refractivity contribution in [3.8, 4) is 0 Å². The summed E-state index contributed by atoms with van der Waals surface area (Å²) in [5, 5.41) is 16.9. The summed E-state index contributed by atoms with van der Waals surface area (Å²) in [5.74, 6) is -0.781. The van der Waals surface area contributed by atoms with E-state index in [0.29, 0.717) is 0 Å². The molecule has 0 aliphatic carbocycles. The van der Waals surface area contributed by atoms with Crippen LogP contribution in [0, 0.1) is 0 Å². The van der Waals surface area contributed by atoms with E-state index in [0.717, 1.165) is 0 Å². The first-order valence-corrected chi connectivity index (χ1v) is 8.60. The highest BCUT2D eigenvalue weighted by molar-refractivity contribution is 7.91. The van der Waals surface area contributed by atoms with Gasteiger partial charge < -0.3 is 10.2 Å². The van der Waals surface area contributed by atoms with E-state index in [2.05, 4.69) is 0 Å².